The van der Waals surface area contributed by atoms with Crippen molar-refractivity contribution in [1.82, 2.24) is 34.2 Å². The molecule has 10 nitrogen and oxygen atoms in total. The maximum Gasteiger partial charge on any atom is 0.320 e. The normalized spacial score (nSPS) is 19.7. The van der Waals surface area contributed by atoms with Crippen molar-refractivity contribution in [1.29, 1.82) is 0 Å². The monoisotopic (exact) mass is 626 g/mol. The lowest BCUT2D eigenvalue weighted by Crippen LogP contribution is -2.61. The number of urea groups is 1. The molecule has 10 heteroatoms. The Balaban J connectivity index is 1.15. The van der Waals surface area contributed by atoms with Gasteiger partial charge in [-0.25, -0.2) is 19.7 Å². The lowest BCUT2D eigenvalue weighted by molar-refractivity contribution is -0.131. The Morgan fingerprint density at radius 2 is 1.62 bits per heavy atom. The fourth-order valence-electron chi connectivity index (χ4n) is 6.86. The number of amides is 3. The molecule has 0 bridgehead atoms. The average Bonchev–Trinajstić information content (AvgIpc) is 3.75. The van der Waals surface area contributed by atoms with E-state index in [9.17, 15) is 9.59 Å². The van der Waals surface area contributed by atoms with Crippen molar-refractivity contribution in [2.45, 2.75) is 38.3 Å². The van der Waals surface area contributed by atoms with Gasteiger partial charge in [-0.05, 0) is 68.3 Å². The van der Waals surface area contributed by atoms with E-state index in [0.717, 1.165) is 40.1 Å². The van der Waals surface area contributed by atoms with E-state index >= 15 is 0 Å². The van der Waals surface area contributed by atoms with Crippen LogP contribution in [0, 0.1) is 0 Å². The minimum Gasteiger partial charge on any atom is -0.383 e. The molecule has 0 aliphatic carbocycles. The molecule has 2 aliphatic rings. The minimum atomic E-state index is -0.0896. The van der Waals surface area contributed by atoms with E-state index in [1.54, 1.807) is 11.1 Å². The highest BCUT2D eigenvalue weighted by Gasteiger charge is 2.37. The van der Waals surface area contributed by atoms with Crippen LogP contribution in [0.5, 0.6) is 0 Å². The quantitative estimate of drug-likeness (QED) is 0.249. The number of carbonyl (C=O) groups is 2. The highest BCUT2D eigenvalue weighted by Crippen LogP contribution is 2.34. The Morgan fingerprint density at radius 3 is 2.36 bits per heavy atom. The molecule has 3 amide bonds. The number of nitrogen functional groups attached to an aromatic ring is 1. The van der Waals surface area contributed by atoms with Crippen molar-refractivity contribution in [2.75, 3.05) is 31.9 Å². The van der Waals surface area contributed by atoms with Crippen LogP contribution in [0.2, 0.25) is 0 Å². The zero-order chi connectivity index (χ0) is 32.7. The van der Waals surface area contributed by atoms with Crippen LogP contribution in [0.15, 0.2) is 97.7 Å². The predicted molar refractivity (Wildman–Crippen MR) is 184 cm³/mol. The largest absolute Gasteiger partial charge is 0.383 e. The van der Waals surface area contributed by atoms with Crippen LogP contribution in [0.3, 0.4) is 0 Å². The Kier molecular flexibility index (Phi) is 7.93. The highest BCUT2D eigenvalue weighted by molar-refractivity contribution is 5.88. The van der Waals surface area contributed by atoms with Gasteiger partial charge in [0.05, 0.1) is 11.3 Å². The summed E-state index contributed by atoms with van der Waals surface area (Å²) in [6.07, 6.45) is 3.91. The first-order chi connectivity index (χ1) is 22.8. The SMILES string of the molecule is C=CC(=O)N1C[C@@H](C)N(C(=O)N2CCC(c3ccc(-n4c(-c5cccnc5N)nc5ccc(-c6ccccc6)nc54)cc3)C2)C[C@H]1C. The molecule has 2 aromatic carbocycles. The molecular formula is C37H38N8O2. The first kappa shape index (κ1) is 30.2. The van der Waals surface area contributed by atoms with Gasteiger partial charge in [0.15, 0.2) is 11.5 Å². The van der Waals surface area contributed by atoms with Gasteiger partial charge >= 0.3 is 6.03 Å². The summed E-state index contributed by atoms with van der Waals surface area (Å²) in [5, 5.41) is 0. The lowest BCUT2D eigenvalue weighted by atomic mass is 9.98. The van der Waals surface area contributed by atoms with Crippen molar-refractivity contribution < 1.29 is 9.59 Å². The molecule has 5 heterocycles. The average molecular weight is 627 g/mol. The van der Waals surface area contributed by atoms with Gasteiger partial charge in [-0.1, -0.05) is 49.0 Å². The summed E-state index contributed by atoms with van der Waals surface area (Å²) in [6, 6.07) is 26.2. The van der Waals surface area contributed by atoms with Crippen LogP contribution < -0.4 is 5.73 Å². The molecule has 2 aliphatic heterocycles. The zero-order valence-corrected chi connectivity index (χ0v) is 26.7. The number of hydrogen-bond donors (Lipinski definition) is 1. The van der Waals surface area contributed by atoms with Gasteiger partial charge in [0, 0.05) is 61.6 Å². The number of anilines is 1. The summed E-state index contributed by atoms with van der Waals surface area (Å²) >= 11 is 0. The third-order valence-corrected chi connectivity index (χ3v) is 9.42. The Labute approximate surface area is 274 Å². The third kappa shape index (κ3) is 5.60. The van der Waals surface area contributed by atoms with Crippen LogP contribution in [0.4, 0.5) is 10.6 Å². The number of carbonyl (C=O) groups excluding carboxylic acids is 2. The molecule has 1 unspecified atom stereocenters. The molecule has 3 atom stereocenters. The number of rotatable bonds is 5. The zero-order valence-electron chi connectivity index (χ0n) is 26.7. The second-order valence-corrected chi connectivity index (χ2v) is 12.5. The van der Waals surface area contributed by atoms with E-state index in [1.807, 2.05) is 82.8 Å². The molecule has 47 heavy (non-hydrogen) atoms. The molecule has 2 N–H and O–H groups in total. The summed E-state index contributed by atoms with van der Waals surface area (Å²) < 4.78 is 2.04. The van der Waals surface area contributed by atoms with Gasteiger partial charge in [0.2, 0.25) is 5.91 Å². The van der Waals surface area contributed by atoms with E-state index in [0.29, 0.717) is 37.8 Å². The van der Waals surface area contributed by atoms with Crippen molar-refractivity contribution in [3.05, 3.63) is 103 Å². The number of fused-ring (bicyclic) bond motifs is 1. The van der Waals surface area contributed by atoms with Crippen LogP contribution in [0.25, 0.3) is 39.5 Å². The number of pyridine rings is 2. The molecule has 0 spiro atoms. The van der Waals surface area contributed by atoms with Crippen molar-refractivity contribution in [3.8, 4) is 28.3 Å². The fraction of sp³-hybridized carbons (Fsp3) is 0.270. The van der Waals surface area contributed by atoms with Gasteiger partial charge in [0.1, 0.15) is 11.3 Å². The first-order valence-corrected chi connectivity index (χ1v) is 16.1. The molecule has 238 valence electrons. The fourth-order valence-corrected chi connectivity index (χ4v) is 6.86. The van der Waals surface area contributed by atoms with E-state index < -0.39 is 0 Å². The van der Waals surface area contributed by atoms with Crippen molar-refractivity contribution in [3.63, 3.8) is 0 Å². The van der Waals surface area contributed by atoms with E-state index in [-0.39, 0.29) is 29.9 Å². The van der Waals surface area contributed by atoms with Gasteiger partial charge in [-0.3, -0.25) is 9.36 Å². The van der Waals surface area contributed by atoms with Crippen molar-refractivity contribution >= 4 is 28.9 Å². The maximum atomic E-state index is 13.6. The number of benzene rings is 2. The number of imidazole rings is 1. The molecule has 0 saturated carbocycles. The summed E-state index contributed by atoms with van der Waals surface area (Å²) in [5.41, 5.74) is 12.5. The molecule has 3 aromatic heterocycles. The van der Waals surface area contributed by atoms with Gasteiger partial charge in [0.25, 0.3) is 0 Å². The Morgan fingerprint density at radius 1 is 0.872 bits per heavy atom. The minimum absolute atomic E-state index is 0.0399. The van der Waals surface area contributed by atoms with Crippen molar-refractivity contribution in [2.24, 2.45) is 0 Å². The number of likely N-dealkylation sites (tertiary alicyclic amines) is 1. The van der Waals surface area contributed by atoms with E-state index in [4.69, 9.17) is 15.7 Å². The second-order valence-electron chi connectivity index (χ2n) is 12.5. The number of hydrogen-bond acceptors (Lipinski definition) is 6. The second kappa shape index (κ2) is 12.4. The number of nitrogens with zero attached hydrogens (tertiary/aromatic N) is 7. The number of aromatic nitrogens is 4. The molecule has 5 aromatic rings. The van der Waals surface area contributed by atoms with Gasteiger partial charge in [-0.2, -0.15) is 0 Å². The highest BCUT2D eigenvalue weighted by atomic mass is 16.2. The van der Waals surface area contributed by atoms with E-state index in [2.05, 4.69) is 35.8 Å². The topological polar surface area (TPSA) is 113 Å². The standard InChI is InChI=1S/C37H38N8O2/c1-4-33(46)43-21-25(3)44(22-24(43)2)37(47)42-20-18-28(23-42)26-12-14-29(15-13-26)45-35(30-11-8-19-39-34(30)38)41-32-17-16-31(40-36(32)45)27-9-6-5-7-10-27/h4-17,19,24-25,28H,1,18,20-23H2,2-3H3,(H2,38,39)/t24-,25-,28?/m1/s1. The van der Waals surface area contributed by atoms with Crippen LogP contribution in [-0.4, -0.2) is 84.4 Å². The van der Waals surface area contributed by atoms with Gasteiger partial charge in [-0.15, -0.1) is 0 Å². The third-order valence-electron chi connectivity index (χ3n) is 9.42. The maximum absolute atomic E-state index is 13.6. The van der Waals surface area contributed by atoms with Crippen LogP contribution in [0.1, 0.15) is 31.7 Å². The smallest absolute Gasteiger partial charge is 0.320 e. The molecule has 2 fully saturated rings. The summed E-state index contributed by atoms with van der Waals surface area (Å²) in [4.78, 5) is 45.9. The molecule has 0 radical (unpaired) electrons. The summed E-state index contributed by atoms with van der Waals surface area (Å²) in [5.74, 6) is 1.21. The molecular weight excluding hydrogens is 588 g/mol. The predicted octanol–water partition coefficient (Wildman–Crippen LogP) is 5.75. The van der Waals surface area contributed by atoms with Gasteiger partial charge < -0.3 is 20.4 Å². The summed E-state index contributed by atoms with van der Waals surface area (Å²) in [6.45, 7) is 9.98. The number of piperazine rings is 1. The lowest BCUT2D eigenvalue weighted by Gasteiger charge is -2.44. The van der Waals surface area contributed by atoms with Crippen LogP contribution >= 0.6 is 0 Å². The summed E-state index contributed by atoms with van der Waals surface area (Å²) in [7, 11) is 0. The van der Waals surface area contributed by atoms with Crippen LogP contribution in [-0.2, 0) is 4.79 Å². The number of nitrogens with two attached hydrogens (primary N) is 1. The Hall–Kier alpha value is -5.51. The molecule has 2 saturated heterocycles. The Bertz CT molecular complexity index is 1950. The molecule has 7 rings (SSSR count). The first-order valence-electron chi connectivity index (χ1n) is 16.1. The van der Waals surface area contributed by atoms with E-state index in [1.165, 1.54) is 11.6 Å².